The number of esters is 1. The Bertz CT molecular complexity index is 1930. The van der Waals surface area contributed by atoms with Crippen molar-refractivity contribution in [3.63, 3.8) is 0 Å². The van der Waals surface area contributed by atoms with E-state index in [-0.39, 0.29) is 18.0 Å². The number of ether oxygens (including phenoxy) is 2. The largest absolute Gasteiger partial charge is 0.469 e. The van der Waals surface area contributed by atoms with Crippen molar-refractivity contribution in [3.8, 4) is 23.0 Å². The summed E-state index contributed by atoms with van der Waals surface area (Å²) in [4.78, 5) is 49.1. The molecular formula is C34H35ClN10O5. The van der Waals surface area contributed by atoms with Crippen LogP contribution in [0, 0.1) is 11.3 Å². The Hall–Kier alpha value is -5.59. The number of fused-ring (bicyclic) bond motifs is 4. The molecule has 0 aliphatic carbocycles. The second-order valence-electron chi connectivity index (χ2n) is 11.9. The molecule has 2 aromatic carbocycles. The van der Waals surface area contributed by atoms with Crippen molar-refractivity contribution in [2.24, 2.45) is 0 Å². The van der Waals surface area contributed by atoms with Gasteiger partial charge in [0.15, 0.2) is 5.69 Å². The summed E-state index contributed by atoms with van der Waals surface area (Å²) in [6.07, 6.45) is 6.80. The topological polar surface area (TPSA) is 193 Å². The predicted molar refractivity (Wildman–Crippen MR) is 182 cm³/mol. The molecule has 2 atom stereocenters. The summed E-state index contributed by atoms with van der Waals surface area (Å²) in [5.41, 5.74) is 3.63. The van der Waals surface area contributed by atoms with E-state index < -0.39 is 24.0 Å². The van der Waals surface area contributed by atoms with Crippen LogP contribution in [0.1, 0.15) is 54.4 Å². The zero-order valence-corrected chi connectivity index (χ0v) is 28.0. The summed E-state index contributed by atoms with van der Waals surface area (Å²) in [6, 6.07) is 11.5. The standard InChI is InChI=1S/C34H35ClN10O5/c1-49-31(47)17-21-6-9-24-27(16-21)38-26(34(48)44-12-14-50-15-13-44)5-3-2-4-25(33-40-28(19-36)32(24)41-33)39-30(46)11-7-22-18-23(35)8-10-29(22)45-20-37-42-43-45/h6-11,16,18,20,25-26,38H,2-5,12-15,17H2,1H3,(H,39,46)(H,40,41)/b11-7+/t25-,26+/m0/s1. The number of nitrogens with one attached hydrogen (secondary N) is 3. The van der Waals surface area contributed by atoms with Gasteiger partial charge in [-0.2, -0.15) is 9.94 Å². The highest BCUT2D eigenvalue weighted by Gasteiger charge is 2.29. The molecule has 0 spiro atoms. The Morgan fingerprint density at radius 2 is 1.98 bits per heavy atom. The summed E-state index contributed by atoms with van der Waals surface area (Å²) >= 11 is 6.25. The van der Waals surface area contributed by atoms with Gasteiger partial charge in [0.05, 0.1) is 44.2 Å². The number of hydrogen-bond donors (Lipinski definition) is 3. The molecule has 50 heavy (non-hydrogen) atoms. The normalized spacial score (nSPS) is 17.8. The lowest BCUT2D eigenvalue weighted by molar-refractivity contribution is -0.140. The van der Waals surface area contributed by atoms with E-state index in [0.717, 1.165) is 0 Å². The van der Waals surface area contributed by atoms with Crippen LogP contribution in [0.5, 0.6) is 0 Å². The molecule has 0 saturated carbocycles. The monoisotopic (exact) mass is 698 g/mol. The highest BCUT2D eigenvalue weighted by molar-refractivity contribution is 6.30. The summed E-state index contributed by atoms with van der Waals surface area (Å²) in [7, 11) is 1.33. The first-order valence-electron chi connectivity index (χ1n) is 16.2. The van der Waals surface area contributed by atoms with Crippen LogP contribution in [0.2, 0.25) is 5.02 Å². The van der Waals surface area contributed by atoms with Crippen LogP contribution in [0.3, 0.4) is 0 Å². The molecule has 4 heterocycles. The van der Waals surface area contributed by atoms with Crippen molar-refractivity contribution < 1.29 is 23.9 Å². The summed E-state index contributed by atoms with van der Waals surface area (Å²) in [5, 5.41) is 28.4. The minimum Gasteiger partial charge on any atom is -0.469 e. The Morgan fingerprint density at radius 3 is 2.74 bits per heavy atom. The summed E-state index contributed by atoms with van der Waals surface area (Å²) < 4.78 is 11.8. The maximum atomic E-state index is 13.8. The maximum Gasteiger partial charge on any atom is 0.309 e. The predicted octanol–water partition coefficient (Wildman–Crippen LogP) is 3.38. The van der Waals surface area contributed by atoms with Crippen LogP contribution in [0.15, 0.2) is 48.8 Å². The Labute approximate surface area is 292 Å². The lowest BCUT2D eigenvalue weighted by Crippen LogP contribution is -2.48. The smallest absolute Gasteiger partial charge is 0.309 e. The van der Waals surface area contributed by atoms with Gasteiger partial charge in [-0.1, -0.05) is 36.6 Å². The molecule has 15 nitrogen and oxygen atoms in total. The SMILES string of the molecule is COC(=O)Cc1ccc2c(c1)N[C@@H](C(=O)N1CCOCC1)CCCC[C@H](NC(=O)/C=C/c1cc(Cl)ccc1-n1cnnn1)c1nc(C#N)c-2[nH]1. The second-order valence-corrected chi connectivity index (χ2v) is 12.3. The van der Waals surface area contributed by atoms with E-state index in [1.807, 2.05) is 0 Å². The molecule has 2 bridgehead atoms. The first kappa shape index (κ1) is 34.3. The molecule has 0 radical (unpaired) electrons. The van der Waals surface area contributed by atoms with Gasteiger partial charge in [-0.15, -0.1) is 5.10 Å². The zero-order valence-electron chi connectivity index (χ0n) is 27.3. The number of rotatable bonds is 7. The molecular weight excluding hydrogens is 664 g/mol. The van der Waals surface area contributed by atoms with Gasteiger partial charge in [-0.3, -0.25) is 14.4 Å². The van der Waals surface area contributed by atoms with E-state index in [9.17, 15) is 19.6 Å². The number of carbonyl (C=O) groups excluding carboxylic acids is 3. The van der Waals surface area contributed by atoms with Crippen LogP contribution >= 0.6 is 11.6 Å². The molecule has 2 amide bonds. The first-order valence-corrected chi connectivity index (χ1v) is 16.6. The van der Waals surface area contributed by atoms with E-state index in [1.54, 1.807) is 47.4 Å². The van der Waals surface area contributed by atoms with Gasteiger partial charge in [0.1, 0.15) is 24.3 Å². The van der Waals surface area contributed by atoms with Crippen LogP contribution in [0.4, 0.5) is 5.69 Å². The minimum absolute atomic E-state index is 0.0287. The number of aromatic nitrogens is 6. The molecule has 6 rings (SSSR count). The number of aromatic amines is 1. The Balaban J connectivity index is 1.32. The van der Waals surface area contributed by atoms with Crippen LogP contribution in [0.25, 0.3) is 23.0 Å². The van der Waals surface area contributed by atoms with E-state index >= 15 is 0 Å². The fourth-order valence-corrected chi connectivity index (χ4v) is 6.24. The summed E-state index contributed by atoms with van der Waals surface area (Å²) in [5.74, 6) is -0.439. The number of tetrazole rings is 1. The number of imidazole rings is 1. The van der Waals surface area contributed by atoms with Crippen LogP contribution in [-0.4, -0.2) is 92.3 Å². The third-order valence-electron chi connectivity index (χ3n) is 8.59. The van der Waals surface area contributed by atoms with Gasteiger partial charge in [0.25, 0.3) is 0 Å². The van der Waals surface area contributed by atoms with Crippen molar-refractivity contribution in [1.82, 2.24) is 40.4 Å². The number of nitriles is 1. The molecule has 1 fully saturated rings. The quantitative estimate of drug-likeness (QED) is 0.189. The zero-order chi connectivity index (χ0) is 35.0. The van der Waals surface area contributed by atoms with Gasteiger partial charge in [0.2, 0.25) is 11.8 Å². The second kappa shape index (κ2) is 15.7. The third kappa shape index (κ3) is 7.99. The lowest BCUT2D eigenvalue weighted by Gasteiger charge is -2.32. The minimum atomic E-state index is -0.587. The van der Waals surface area contributed by atoms with Crippen LogP contribution in [-0.2, 0) is 30.3 Å². The molecule has 2 aromatic heterocycles. The first-order chi connectivity index (χ1) is 24.3. The number of methoxy groups -OCH3 is 1. The van der Waals surface area contributed by atoms with Gasteiger partial charge in [-0.25, -0.2) is 4.98 Å². The molecule has 3 N–H and O–H groups in total. The number of benzene rings is 2. The van der Waals surface area contributed by atoms with Gasteiger partial charge < -0.3 is 30.0 Å². The number of H-pyrrole nitrogens is 1. The number of anilines is 1. The van der Waals surface area contributed by atoms with Crippen molar-refractivity contribution in [2.45, 2.75) is 44.2 Å². The van der Waals surface area contributed by atoms with Crippen molar-refractivity contribution in [1.29, 1.82) is 5.26 Å². The average Bonchev–Trinajstić information content (AvgIpc) is 3.82. The van der Waals surface area contributed by atoms with E-state index in [0.29, 0.717) is 96.6 Å². The number of amides is 2. The van der Waals surface area contributed by atoms with Crippen molar-refractivity contribution >= 4 is 41.1 Å². The maximum absolute atomic E-state index is 13.8. The highest BCUT2D eigenvalue weighted by atomic mass is 35.5. The average molecular weight is 699 g/mol. The number of nitrogens with zero attached hydrogens (tertiary/aromatic N) is 7. The summed E-state index contributed by atoms with van der Waals surface area (Å²) in [6.45, 7) is 1.91. The highest BCUT2D eigenvalue weighted by Crippen LogP contribution is 2.34. The molecule has 2 aliphatic rings. The fraction of sp³-hybridized carbons (Fsp3) is 0.353. The van der Waals surface area contributed by atoms with E-state index in [2.05, 4.69) is 42.2 Å². The number of halogens is 1. The number of morpholine rings is 1. The third-order valence-corrected chi connectivity index (χ3v) is 8.82. The van der Waals surface area contributed by atoms with Gasteiger partial charge in [-0.05, 0) is 59.2 Å². The molecule has 2 aliphatic heterocycles. The molecule has 258 valence electrons. The molecule has 4 aromatic rings. The number of hydrogen-bond acceptors (Lipinski definition) is 11. The Morgan fingerprint density at radius 1 is 1.16 bits per heavy atom. The Kier molecular flexibility index (Phi) is 10.8. The van der Waals surface area contributed by atoms with E-state index in [1.165, 1.54) is 24.2 Å². The fourth-order valence-electron chi connectivity index (χ4n) is 6.06. The molecule has 1 saturated heterocycles. The van der Waals surface area contributed by atoms with Crippen molar-refractivity contribution in [3.05, 3.63) is 76.5 Å². The molecule has 16 heteroatoms. The van der Waals surface area contributed by atoms with Crippen LogP contribution < -0.4 is 10.6 Å². The lowest BCUT2D eigenvalue weighted by atomic mass is 9.99. The molecule has 0 unspecified atom stereocenters. The van der Waals surface area contributed by atoms with E-state index in [4.69, 9.17) is 21.1 Å². The van der Waals surface area contributed by atoms with Gasteiger partial charge in [0, 0.05) is 41.0 Å². The van der Waals surface area contributed by atoms with Crippen molar-refractivity contribution in [2.75, 3.05) is 38.7 Å². The number of carbonyl (C=O) groups is 3. The van der Waals surface area contributed by atoms with Gasteiger partial charge >= 0.3 is 5.97 Å².